The number of hydrogen-bond acceptors (Lipinski definition) is 4. The number of aromatic nitrogens is 2. The number of carbonyl (C=O) groups is 1. The molecule has 34 heavy (non-hydrogen) atoms. The molecular weight excluding hydrogens is 459 g/mol. The number of hydrogen-bond donors (Lipinski definition) is 2. The molecule has 1 fully saturated rings. The summed E-state index contributed by atoms with van der Waals surface area (Å²) in [6, 6.07) is 4.18. The summed E-state index contributed by atoms with van der Waals surface area (Å²) in [6.07, 6.45) is -3.43. The molecule has 4 rings (SSSR count). The molecule has 2 aliphatic rings. The van der Waals surface area contributed by atoms with Gasteiger partial charge in [-0.15, -0.1) is 0 Å². The summed E-state index contributed by atoms with van der Waals surface area (Å²) in [7, 11) is 0. The molecule has 1 aliphatic carbocycles. The molecular formula is C23H29F5N4O2. The highest BCUT2D eigenvalue weighted by atomic mass is 19.4. The fraction of sp³-hybridized carbons (Fsp3) is 0.565. The van der Waals surface area contributed by atoms with Crippen molar-refractivity contribution in [3.8, 4) is 0 Å². The number of imidazole rings is 1. The quantitative estimate of drug-likeness (QED) is 0.550. The molecule has 0 spiro atoms. The van der Waals surface area contributed by atoms with Crippen LogP contribution in [0.3, 0.4) is 0 Å². The second-order valence-electron chi connectivity index (χ2n) is 8.77. The zero-order valence-corrected chi connectivity index (χ0v) is 19.6. The summed E-state index contributed by atoms with van der Waals surface area (Å²) < 4.78 is 60.6. The number of rotatable bonds is 6. The van der Waals surface area contributed by atoms with E-state index in [1.54, 1.807) is 0 Å². The molecule has 2 aromatic rings. The molecule has 1 aliphatic heterocycles. The molecule has 11 heteroatoms. The van der Waals surface area contributed by atoms with Gasteiger partial charge >= 0.3 is 18.1 Å². The third-order valence-electron chi connectivity index (χ3n) is 5.86. The Morgan fingerprint density at radius 1 is 1.12 bits per heavy atom. The molecule has 188 valence electrons. The van der Waals surface area contributed by atoms with Gasteiger partial charge in [0.05, 0.1) is 12.2 Å². The average molecular weight is 489 g/mol. The molecule has 1 saturated carbocycles. The summed E-state index contributed by atoms with van der Waals surface area (Å²) in [6.45, 7) is 8.35. The van der Waals surface area contributed by atoms with Crippen molar-refractivity contribution in [2.45, 2.75) is 71.6 Å². The standard InChI is InChI=1S/C17H21N3O2.C6H8F5N/c1-5-13-15(16(21)22)20-7-6-19(17(20)18-13)14-11(3)8-10(2)9-12(14)4;7-5(8,6(9,10)11)3-12-4-1-2-4/h8-9H,5-7H2,1-4H3,(H,21,22);4,12H,1-3H2. The van der Waals surface area contributed by atoms with Crippen molar-refractivity contribution in [3.05, 3.63) is 40.2 Å². The van der Waals surface area contributed by atoms with E-state index < -0.39 is 24.6 Å². The molecule has 1 aromatic carbocycles. The van der Waals surface area contributed by atoms with E-state index in [0.29, 0.717) is 37.2 Å². The van der Waals surface area contributed by atoms with Crippen molar-refractivity contribution in [1.82, 2.24) is 14.9 Å². The first-order chi connectivity index (χ1) is 15.8. The highest BCUT2D eigenvalue weighted by Gasteiger charge is 2.57. The maximum Gasteiger partial charge on any atom is 0.454 e. The fourth-order valence-electron chi connectivity index (χ4n) is 4.16. The van der Waals surface area contributed by atoms with E-state index in [1.165, 1.54) is 16.7 Å². The predicted octanol–water partition coefficient (Wildman–Crippen LogP) is 5.16. The maximum absolute atomic E-state index is 12.1. The number of alkyl halides is 5. The third kappa shape index (κ3) is 5.34. The lowest BCUT2D eigenvalue weighted by Gasteiger charge is -2.22. The Balaban J connectivity index is 0.000000229. The molecule has 0 amide bonds. The second-order valence-corrected chi connectivity index (χ2v) is 8.77. The largest absolute Gasteiger partial charge is 0.477 e. The lowest BCUT2D eigenvalue weighted by Crippen LogP contribution is -2.45. The molecule has 1 aromatic heterocycles. The lowest BCUT2D eigenvalue weighted by atomic mass is 10.0. The van der Waals surface area contributed by atoms with Gasteiger partial charge in [0.2, 0.25) is 5.95 Å². The minimum Gasteiger partial charge on any atom is -0.477 e. The third-order valence-corrected chi connectivity index (χ3v) is 5.86. The SMILES string of the molecule is CCc1nc2n(c1C(=O)O)CCN2c1c(C)cc(C)cc1C.FC(F)(F)C(F)(F)CNC1CC1. The lowest BCUT2D eigenvalue weighted by molar-refractivity contribution is -0.279. The normalized spacial score (nSPS) is 15.7. The van der Waals surface area contributed by atoms with Crippen LogP contribution in [-0.4, -0.2) is 51.9 Å². The minimum atomic E-state index is -5.44. The summed E-state index contributed by atoms with van der Waals surface area (Å²) >= 11 is 0. The Morgan fingerprint density at radius 2 is 1.71 bits per heavy atom. The van der Waals surface area contributed by atoms with Gasteiger partial charge in [-0.25, -0.2) is 9.78 Å². The fourth-order valence-corrected chi connectivity index (χ4v) is 4.16. The molecule has 0 atom stereocenters. The summed E-state index contributed by atoms with van der Waals surface area (Å²) in [5, 5.41) is 11.6. The number of carboxylic acids is 1. The average Bonchev–Trinajstić information content (AvgIpc) is 3.35. The van der Waals surface area contributed by atoms with Gasteiger partial charge < -0.3 is 19.9 Å². The van der Waals surface area contributed by atoms with Crippen LogP contribution in [0.1, 0.15) is 52.6 Å². The Kier molecular flexibility index (Phi) is 7.26. The first kappa shape index (κ1) is 25.9. The monoisotopic (exact) mass is 488 g/mol. The van der Waals surface area contributed by atoms with E-state index in [2.05, 4.69) is 48.1 Å². The first-order valence-corrected chi connectivity index (χ1v) is 11.1. The molecule has 0 saturated heterocycles. The van der Waals surface area contributed by atoms with Crippen LogP contribution in [0, 0.1) is 20.8 Å². The number of nitrogens with zero attached hydrogens (tertiary/aromatic N) is 3. The van der Waals surface area contributed by atoms with E-state index in [9.17, 15) is 31.9 Å². The molecule has 0 bridgehead atoms. The van der Waals surface area contributed by atoms with Gasteiger partial charge in [-0.3, -0.25) is 0 Å². The van der Waals surface area contributed by atoms with Crippen molar-refractivity contribution in [2.75, 3.05) is 18.0 Å². The first-order valence-electron chi connectivity index (χ1n) is 11.1. The highest BCUT2D eigenvalue weighted by Crippen LogP contribution is 2.37. The van der Waals surface area contributed by atoms with Gasteiger partial charge in [0.15, 0.2) is 5.69 Å². The predicted molar refractivity (Wildman–Crippen MR) is 118 cm³/mol. The molecule has 2 N–H and O–H groups in total. The van der Waals surface area contributed by atoms with Crippen molar-refractivity contribution in [3.63, 3.8) is 0 Å². The van der Waals surface area contributed by atoms with E-state index in [0.717, 1.165) is 18.2 Å². The summed E-state index contributed by atoms with van der Waals surface area (Å²) in [4.78, 5) is 18.3. The molecule has 0 radical (unpaired) electrons. The van der Waals surface area contributed by atoms with Crippen LogP contribution >= 0.6 is 0 Å². The van der Waals surface area contributed by atoms with E-state index in [4.69, 9.17) is 0 Å². The Hall–Kier alpha value is -2.69. The van der Waals surface area contributed by atoms with Crippen molar-refractivity contribution < 1.29 is 31.9 Å². The number of aromatic carboxylic acids is 1. The topological polar surface area (TPSA) is 70.4 Å². The molecule has 6 nitrogen and oxygen atoms in total. The van der Waals surface area contributed by atoms with Gasteiger partial charge in [0.25, 0.3) is 0 Å². The van der Waals surface area contributed by atoms with Crippen LogP contribution in [0.25, 0.3) is 0 Å². The van der Waals surface area contributed by atoms with E-state index >= 15 is 0 Å². The van der Waals surface area contributed by atoms with Crippen LogP contribution in [0.2, 0.25) is 0 Å². The number of fused-ring (bicyclic) bond motifs is 1. The van der Waals surface area contributed by atoms with Gasteiger partial charge in [-0.2, -0.15) is 22.0 Å². The van der Waals surface area contributed by atoms with Crippen LogP contribution in [0.5, 0.6) is 0 Å². The van der Waals surface area contributed by atoms with Crippen molar-refractivity contribution >= 4 is 17.6 Å². The van der Waals surface area contributed by atoms with Gasteiger partial charge in [0.1, 0.15) is 0 Å². The van der Waals surface area contributed by atoms with Gasteiger partial charge in [0, 0.05) is 24.8 Å². The molecule has 2 heterocycles. The number of benzene rings is 1. The summed E-state index contributed by atoms with van der Waals surface area (Å²) in [5.41, 5.74) is 5.78. The molecule has 0 unspecified atom stereocenters. The zero-order chi connectivity index (χ0) is 25.4. The number of nitrogens with one attached hydrogen (secondary N) is 1. The van der Waals surface area contributed by atoms with Crippen LogP contribution in [0.15, 0.2) is 12.1 Å². The zero-order valence-electron chi connectivity index (χ0n) is 19.6. The summed E-state index contributed by atoms with van der Waals surface area (Å²) in [5.74, 6) is -4.74. The van der Waals surface area contributed by atoms with Gasteiger partial charge in [-0.05, 0) is 51.2 Å². The van der Waals surface area contributed by atoms with E-state index in [-0.39, 0.29) is 6.04 Å². The minimum absolute atomic E-state index is 0.141. The number of anilines is 2. The Labute approximate surface area is 194 Å². The van der Waals surface area contributed by atoms with Crippen LogP contribution in [-0.2, 0) is 13.0 Å². The van der Waals surface area contributed by atoms with Crippen LogP contribution in [0.4, 0.5) is 33.6 Å². The van der Waals surface area contributed by atoms with Crippen molar-refractivity contribution in [2.24, 2.45) is 0 Å². The van der Waals surface area contributed by atoms with Crippen molar-refractivity contribution in [1.29, 1.82) is 0 Å². The number of halogens is 5. The van der Waals surface area contributed by atoms with Crippen LogP contribution < -0.4 is 10.2 Å². The highest BCUT2D eigenvalue weighted by molar-refractivity contribution is 5.88. The number of aryl methyl sites for hydroxylation is 4. The van der Waals surface area contributed by atoms with E-state index in [1.807, 2.05) is 11.5 Å². The maximum atomic E-state index is 12.1. The number of carboxylic acid groups (broad SMARTS) is 1. The Bertz CT molecular complexity index is 1040. The smallest absolute Gasteiger partial charge is 0.454 e. The van der Waals surface area contributed by atoms with Gasteiger partial charge in [-0.1, -0.05) is 24.6 Å². The second kappa shape index (κ2) is 9.52. The Morgan fingerprint density at radius 3 is 2.18 bits per heavy atom.